The molecule has 3 unspecified atom stereocenters. The molecule has 10 N–H and O–H groups in total. The highest BCUT2D eigenvalue weighted by molar-refractivity contribution is 8.07. The highest BCUT2D eigenvalue weighted by Gasteiger charge is 2.42. The van der Waals surface area contributed by atoms with E-state index in [1.807, 2.05) is 0 Å². The van der Waals surface area contributed by atoms with Crippen LogP contribution in [0.3, 0.4) is 0 Å². The van der Waals surface area contributed by atoms with Gasteiger partial charge in [0.05, 0.1) is 31.7 Å². The van der Waals surface area contributed by atoms with E-state index in [0.29, 0.717) is 16.7 Å². The number of anilines is 1. The predicted molar refractivity (Wildman–Crippen MR) is 146 cm³/mol. The number of aliphatic hydroxyl groups is 2. The standard InChI is InChI=1S/C20H26N7O9PS.CH4.H3N/c1-9-4-26(20(31)25-19(9)30)14-2-10(29)13(35-14)6-33-37(32,38)36-11-3-15(34-12(11)5-28)27-8-24-16-17(21)22-7-23-18(16)27;;/h4,7-8,10-15,28-29H,2-3,5-6H2,1H3,(H,32,38)(H2,21,22,23)(H,25,30,31);1H4;1H3/p+1/t10?,11?,12-,13-,14-,15-,37?;;/m1../s1. The Bertz CT molecular complexity index is 1500. The summed E-state index contributed by atoms with van der Waals surface area (Å²) in [7, 11) is 0. The van der Waals surface area contributed by atoms with E-state index < -0.39 is 61.4 Å². The predicted octanol–water partition coefficient (Wildman–Crippen LogP) is -0.174. The van der Waals surface area contributed by atoms with Crippen LogP contribution in [-0.2, 0) is 30.3 Å². The third kappa shape index (κ3) is 6.31. The van der Waals surface area contributed by atoms with Crippen LogP contribution in [0.4, 0.5) is 5.82 Å². The van der Waals surface area contributed by atoms with E-state index in [1.54, 1.807) is 4.57 Å². The molecule has 0 bridgehead atoms. The number of hydrogen-bond donors (Lipinski definition) is 6. The molecule has 7 atom stereocenters. The molecule has 0 radical (unpaired) electrons. The van der Waals surface area contributed by atoms with Gasteiger partial charge in [0.1, 0.15) is 36.5 Å². The quantitative estimate of drug-likeness (QED) is 0.182. The Morgan fingerprint density at radius 2 is 1.90 bits per heavy atom. The van der Waals surface area contributed by atoms with Crippen molar-refractivity contribution < 1.29 is 33.6 Å². The highest BCUT2D eigenvalue weighted by Crippen LogP contribution is 2.49. The van der Waals surface area contributed by atoms with E-state index in [4.69, 9.17) is 36.1 Å². The van der Waals surface area contributed by atoms with Gasteiger partial charge in [0.15, 0.2) is 11.5 Å². The fourth-order valence-electron chi connectivity index (χ4n) is 4.43. The van der Waals surface area contributed by atoms with Crippen LogP contribution in [0.5, 0.6) is 0 Å². The maximum absolute atomic E-state index is 12.2. The number of ether oxygens (including phenoxy) is 2. The van der Waals surface area contributed by atoms with E-state index in [2.05, 4.69) is 19.9 Å². The summed E-state index contributed by atoms with van der Waals surface area (Å²) in [5.41, 5.74) is 5.77. The maximum atomic E-state index is 12.2. The van der Waals surface area contributed by atoms with Crippen molar-refractivity contribution in [3.8, 4) is 0 Å². The molecular weight excluding hydrogens is 571 g/mol. The lowest BCUT2D eigenvalue weighted by Gasteiger charge is -2.24. The lowest BCUT2D eigenvalue weighted by Crippen LogP contribution is -2.33. The Kier molecular flexibility index (Phi) is 9.95. The summed E-state index contributed by atoms with van der Waals surface area (Å²) in [5.74, 6) is 0.205. The Morgan fingerprint density at radius 3 is 2.62 bits per heavy atom. The molecular formula is C21H34N8O9PS+. The largest absolute Gasteiger partial charge is 0.394 e. The summed E-state index contributed by atoms with van der Waals surface area (Å²) in [6.45, 7) is -3.09. The summed E-state index contributed by atoms with van der Waals surface area (Å²) in [5, 5.41) is 20.2. The van der Waals surface area contributed by atoms with E-state index in [-0.39, 0.29) is 38.8 Å². The molecule has 3 aromatic rings. The van der Waals surface area contributed by atoms with Crippen LogP contribution in [0.2, 0.25) is 0 Å². The number of rotatable bonds is 8. The van der Waals surface area contributed by atoms with Crippen molar-refractivity contribution in [3.63, 3.8) is 0 Å². The van der Waals surface area contributed by atoms with Crippen LogP contribution in [-0.4, -0.2) is 81.8 Å². The average molecular weight is 606 g/mol. The van der Waals surface area contributed by atoms with Crippen LogP contribution in [0.15, 0.2) is 28.4 Å². The number of nitrogens with one attached hydrogen (secondary N) is 1. The Balaban J connectivity index is 0.00000220. The second-order valence-corrected chi connectivity index (χ2v) is 11.7. The van der Waals surface area contributed by atoms with E-state index in [0.717, 1.165) is 0 Å². The van der Waals surface area contributed by atoms with Gasteiger partial charge in [-0.1, -0.05) is 7.43 Å². The SMILES string of the molecule is C.Cc1cn([C@H]2CC(O)[C@@H](COP(O)(=S)OC3C[C@H](n4cnc5c(N)ncnc54)O[C@@H]3CO)O2)c(=O)[nH]c1=O.[NH4+]. The normalized spacial score (nSPS) is 27.7. The monoisotopic (exact) mass is 605 g/mol. The third-order valence-electron chi connectivity index (χ3n) is 6.39. The minimum atomic E-state index is -3.88. The van der Waals surface area contributed by atoms with Gasteiger partial charge >= 0.3 is 12.4 Å². The number of nitrogen functional groups attached to an aromatic ring is 1. The lowest BCUT2D eigenvalue weighted by molar-refractivity contribution is -0.0521. The highest BCUT2D eigenvalue weighted by atomic mass is 32.5. The zero-order valence-corrected chi connectivity index (χ0v) is 22.7. The molecule has 5 heterocycles. The van der Waals surface area contributed by atoms with Crippen molar-refractivity contribution in [1.82, 2.24) is 35.2 Å². The van der Waals surface area contributed by atoms with Gasteiger partial charge in [0.2, 0.25) is 0 Å². The number of H-pyrrole nitrogens is 1. The van der Waals surface area contributed by atoms with Gasteiger partial charge < -0.3 is 45.5 Å². The summed E-state index contributed by atoms with van der Waals surface area (Å²) in [6.07, 6.45) is -0.787. The number of aliphatic hydroxyl groups excluding tert-OH is 2. The number of hydrogen-bond acceptors (Lipinski definition) is 13. The smallest absolute Gasteiger partial charge is 0.330 e. The van der Waals surface area contributed by atoms with Crippen molar-refractivity contribution >= 4 is 35.5 Å². The van der Waals surface area contributed by atoms with Crippen molar-refractivity contribution in [3.05, 3.63) is 45.3 Å². The Hall–Kier alpha value is -2.64. The Labute approximate surface area is 232 Å². The first kappa shape index (κ1) is 31.9. The molecule has 40 heavy (non-hydrogen) atoms. The van der Waals surface area contributed by atoms with Crippen molar-refractivity contribution in [2.24, 2.45) is 0 Å². The second-order valence-electron chi connectivity index (χ2n) is 8.95. The van der Waals surface area contributed by atoms with Gasteiger partial charge in [-0.15, -0.1) is 0 Å². The first-order valence-electron chi connectivity index (χ1n) is 11.6. The summed E-state index contributed by atoms with van der Waals surface area (Å²) >= 11 is 5.16. The molecule has 0 amide bonds. The van der Waals surface area contributed by atoms with E-state index in [1.165, 1.54) is 30.3 Å². The molecule has 2 saturated heterocycles. The number of aromatic amines is 1. The molecule has 0 saturated carbocycles. The van der Waals surface area contributed by atoms with Crippen molar-refractivity contribution in [2.75, 3.05) is 18.9 Å². The lowest BCUT2D eigenvalue weighted by atomic mass is 10.2. The molecule has 2 fully saturated rings. The number of aromatic nitrogens is 6. The fourth-order valence-corrected chi connectivity index (χ4v) is 5.91. The van der Waals surface area contributed by atoms with Crippen LogP contribution >= 0.6 is 6.72 Å². The summed E-state index contributed by atoms with van der Waals surface area (Å²) < 4.78 is 25.5. The van der Waals surface area contributed by atoms with E-state index >= 15 is 0 Å². The number of aryl methyl sites for hydroxylation is 1. The van der Waals surface area contributed by atoms with Gasteiger partial charge in [-0.25, -0.2) is 19.7 Å². The Morgan fingerprint density at radius 1 is 1.20 bits per heavy atom. The van der Waals surface area contributed by atoms with Crippen LogP contribution in [0.1, 0.15) is 38.3 Å². The molecule has 19 heteroatoms. The minimum Gasteiger partial charge on any atom is -0.394 e. The van der Waals surface area contributed by atoms with Crippen molar-refractivity contribution in [2.45, 2.75) is 64.1 Å². The third-order valence-corrected chi connectivity index (χ3v) is 7.98. The average Bonchev–Trinajstić information content (AvgIpc) is 3.57. The molecule has 0 spiro atoms. The fraction of sp³-hybridized carbons (Fsp3) is 0.571. The van der Waals surface area contributed by atoms with Crippen LogP contribution in [0, 0.1) is 6.92 Å². The molecule has 2 aliphatic heterocycles. The molecule has 5 rings (SSSR count). The second kappa shape index (κ2) is 12.5. The summed E-state index contributed by atoms with van der Waals surface area (Å²) in [4.78, 5) is 49.0. The van der Waals surface area contributed by atoms with Crippen molar-refractivity contribution in [1.29, 1.82) is 0 Å². The summed E-state index contributed by atoms with van der Waals surface area (Å²) in [6, 6.07) is 0. The number of nitrogens with two attached hydrogens (primary N) is 1. The van der Waals surface area contributed by atoms with Crippen LogP contribution < -0.4 is 23.1 Å². The number of fused-ring (bicyclic) bond motifs is 1. The zero-order chi connectivity index (χ0) is 27.2. The molecule has 3 aromatic heterocycles. The van der Waals surface area contributed by atoms with E-state index in [9.17, 15) is 24.7 Å². The topological polar surface area (TPSA) is 259 Å². The number of quaternary nitrogens is 1. The molecule has 0 aromatic carbocycles. The number of nitrogens with zero attached hydrogens (tertiary/aromatic N) is 5. The van der Waals surface area contributed by atoms with Gasteiger partial charge in [-0.3, -0.25) is 18.9 Å². The first-order chi connectivity index (χ1) is 18.1. The molecule has 222 valence electrons. The van der Waals surface area contributed by atoms with Crippen LogP contribution in [0.25, 0.3) is 11.2 Å². The molecule has 2 aliphatic rings. The maximum Gasteiger partial charge on any atom is 0.330 e. The molecule has 17 nitrogen and oxygen atoms in total. The van der Waals surface area contributed by atoms with Gasteiger partial charge in [-0.2, -0.15) is 0 Å². The van der Waals surface area contributed by atoms with Gasteiger partial charge in [0.25, 0.3) is 5.56 Å². The zero-order valence-electron chi connectivity index (χ0n) is 21.0. The molecule has 0 aliphatic carbocycles. The minimum absolute atomic E-state index is 0. The number of imidazole rings is 1. The van der Waals surface area contributed by atoms with Gasteiger partial charge in [-0.05, 0) is 18.7 Å². The first-order valence-corrected chi connectivity index (χ1v) is 14.2. The van der Waals surface area contributed by atoms with Gasteiger partial charge in [0, 0.05) is 24.6 Å².